The normalized spacial score (nSPS) is 16.4. The van der Waals surface area contributed by atoms with E-state index in [0.717, 1.165) is 5.56 Å². The molecule has 0 radical (unpaired) electrons. The number of carbonyl (C=O) groups is 1. The van der Waals surface area contributed by atoms with Gasteiger partial charge in [0.25, 0.3) is 0 Å². The van der Waals surface area contributed by atoms with E-state index in [0.29, 0.717) is 31.9 Å². The molecular formula is C16H23FN2O. The van der Waals surface area contributed by atoms with Gasteiger partial charge < -0.3 is 9.80 Å². The van der Waals surface area contributed by atoms with Gasteiger partial charge >= 0.3 is 0 Å². The Balaban J connectivity index is 2.03. The zero-order chi connectivity index (χ0) is 14.9. The summed E-state index contributed by atoms with van der Waals surface area (Å²) in [5.74, 6) is -0.0119. The van der Waals surface area contributed by atoms with E-state index in [4.69, 9.17) is 0 Å². The third-order valence-electron chi connectivity index (χ3n) is 3.65. The molecule has 2 rings (SSSR count). The van der Waals surface area contributed by atoms with Crippen molar-refractivity contribution in [3.63, 3.8) is 0 Å². The molecule has 0 spiro atoms. The lowest BCUT2D eigenvalue weighted by Gasteiger charge is -2.38. The van der Waals surface area contributed by atoms with Crippen LogP contribution in [0.1, 0.15) is 26.3 Å². The van der Waals surface area contributed by atoms with Gasteiger partial charge in [-0.15, -0.1) is 0 Å². The number of amides is 1. The molecule has 1 fully saturated rings. The summed E-state index contributed by atoms with van der Waals surface area (Å²) >= 11 is 0. The third kappa shape index (κ3) is 3.11. The summed E-state index contributed by atoms with van der Waals surface area (Å²) in [6, 6.07) is 5.30. The molecular weight excluding hydrogens is 255 g/mol. The zero-order valence-corrected chi connectivity index (χ0v) is 12.7. The Hall–Kier alpha value is -1.58. The van der Waals surface area contributed by atoms with Crippen LogP contribution in [0.3, 0.4) is 0 Å². The van der Waals surface area contributed by atoms with Crippen molar-refractivity contribution in [1.29, 1.82) is 0 Å². The number of hydrogen-bond acceptors (Lipinski definition) is 2. The summed E-state index contributed by atoms with van der Waals surface area (Å²) < 4.78 is 14.0. The molecule has 1 aliphatic rings. The van der Waals surface area contributed by atoms with Crippen LogP contribution in [0, 0.1) is 18.2 Å². The fourth-order valence-corrected chi connectivity index (χ4v) is 2.49. The first kappa shape index (κ1) is 14.8. The predicted molar refractivity (Wildman–Crippen MR) is 79.4 cm³/mol. The monoisotopic (exact) mass is 278 g/mol. The lowest BCUT2D eigenvalue weighted by molar-refractivity contribution is -0.139. The maximum atomic E-state index is 14.0. The molecule has 0 aliphatic carbocycles. The Labute approximate surface area is 120 Å². The first-order valence-corrected chi connectivity index (χ1v) is 7.09. The van der Waals surface area contributed by atoms with Gasteiger partial charge in [0.15, 0.2) is 0 Å². The molecule has 0 N–H and O–H groups in total. The molecule has 1 amide bonds. The van der Waals surface area contributed by atoms with Crippen LogP contribution < -0.4 is 4.90 Å². The molecule has 1 saturated heterocycles. The number of nitrogens with zero attached hydrogens (tertiary/aromatic N) is 2. The molecule has 1 aromatic carbocycles. The summed E-state index contributed by atoms with van der Waals surface area (Å²) in [5.41, 5.74) is 1.21. The summed E-state index contributed by atoms with van der Waals surface area (Å²) in [5, 5.41) is 0. The smallest absolute Gasteiger partial charge is 0.228 e. The van der Waals surface area contributed by atoms with E-state index < -0.39 is 0 Å². The highest BCUT2D eigenvalue weighted by molar-refractivity contribution is 5.81. The Morgan fingerprint density at radius 2 is 1.75 bits per heavy atom. The minimum absolute atomic E-state index is 0.168. The van der Waals surface area contributed by atoms with E-state index in [2.05, 4.69) is 0 Å². The van der Waals surface area contributed by atoms with E-state index in [1.54, 1.807) is 6.07 Å². The fraction of sp³-hybridized carbons (Fsp3) is 0.562. The van der Waals surface area contributed by atoms with Gasteiger partial charge in [0.2, 0.25) is 5.91 Å². The van der Waals surface area contributed by atoms with Gasteiger partial charge in [-0.2, -0.15) is 0 Å². The molecule has 0 atom stereocenters. The van der Waals surface area contributed by atoms with Gasteiger partial charge in [0, 0.05) is 31.6 Å². The van der Waals surface area contributed by atoms with Crippen molar-refractivity contribution >= 4 is 11.6 Å². The van der Waals surface area contributed by atoms with E-state index in [-0.39, 0.29) is 17.1 Å². The average Bonchev–Trinajstić information content (AvgIpc) is 2.37. The van der Waals surface area contributed by atoms with E-state index >= 15 is 0 Å². The number of anilines is 1. The maximum absolute atomic E-state index is 14.0. The SMILES string of the molecule is Cc1ccc(N2CCN(C(=O)C(C)(C)C)CC2)c(F)c1. The van der Waals surface area contributed by atoms with Gasteiger partial charge in [-0.1, -0.05) is 26.8 Å². The summed E-state index contributed by atoms with van der Waals surface area (Å²) in [7, 11) is 0. The number of carbonyl (C=O) groups excluding carboxylic acids is 1. The molecule has 20 heavy (non-hydrogen) atoms. The molecule has 1 heterocycles. The van der Waals surface area contributed by atoms with Crippen LogP contribution in [-0.2, 0) is 4.79 Å². The third-order valence-corrected chi connectivity index (χ3v) is 3.65. The number of halogens is 1. The number of benzene rings is 1. The summed E-state index contributed by atoms with van der Waals surface area (Å²) in [4.78, 5) is 16.1. The van der Waals surface area contributed by atoms with Gasteiger partial charge in [0.1, 0.15) is 5.82 Å². The van der Waals surface area contributed by atoms with Crippen LogP contribution >= 0.6 is 0 Å². The fourth-order valence-electron chi connectivity index (χ4n) is 2.49. The van der Waals surface area contributed by atoms with Crippen LogP contribution in [0.5, 0.6) is 0 Å². The van der Waals surface area contributed by atoms with Crippen molar-refractivity contribution in [2.24, 2.45) is 5.41 Å². The predicted octanol–water partition coefficient (Wildman–Crippen LogP) is 2.83. The van der Waals surface area contributed by atoms with E-state index in [1.807, 2.05) is 49.6 Å². The quantitative estimate of drug-likeness (QED) is 0.788. The van der Waals surface area contributed by atoms with Crippen LogP contribution in [0.2, 0.25) is 0 Å². The average molecular weight is 278 g/mol. The maximum Gasteiger partial charge on any atom is 0.228 e. The highest BCUT2D eigenvalue weighted by atomic mass is 19.1. The van der Waals surface area contributed by atoms with Crippen LogP contribution in [0.4, 0.5) is 10.1 Å². The number of rotatable bonds is 1. The van der Waals surface area contributed by atoms with Gasteiger partial charge in [-0.3, -0.25) is 4.79 Å². The molecule has 0 bridgehead atoms. The van der Waals surface area contributed by atoms with Crippen molar-refractivity contribution in [2.45, 2.75) is 27.7 Å². The van der Waals surface area contributed by atoms with Crippen molar-refractivity contribution in [1.82, 2.24) is 4.90 Å². The number of aryl methyl sites for hydroxylation is 1. The van der Waals surface area contributed by atoms with Crippen molar-refractivity contribution in [3.05, 3.63) is 29.6 Å². The first-order chi connectivity index (χ1) is 9.29. The second-order valence-electron chi connectivity index (χ2n) is 6.48. The molecule has 3 nitrogen and oxygen atoms in total. The Morgan fingerprint density at radius 1 is 1.15 bits per heavy atom. The van der Waals surface area contributed by atoms with Crippen LogP contribution in [-0.4, -0.2) is 37.0 Å². The summed E-state index contributed by atoms with van der Waals surface area (Å²) in [6.45, 7) is 10.4. The van der Waals surface area contributed by atoms with Crippen molar-refractivity contribution in [2.75, 3.05) is 31.1 Å². The highest BCUT2D eigenvalue weighted by Crippen LogP contribution is 2.23. The lowest BCUT2D eigenvalue weighted by Crippen LogP contribution is -2.51. The largest absolute Gasteiger partial charge is 0.366 e. The molecule has 0 aromatic heterocycles. The van der Waals surface area contributed by atoms with Crippen LogP contribution in [0.15, 0.2) is 18.2 Å². The molecule has 4 heteroatoms. The molecule has 1 aromatic rings. The zero-order valence-electron chi connectivity index (χ0n) is 12.7. The molecule has 0 saturated carbocycles. The van der Waals surface area contributed by atoms with Crippen LogP contribution in [0.25, 0.3) is 0 Å². The Bertz CT molecular complexity index is 500. The first-order valence-electron chi connectivity index (χ1n) is 7.09. The number of piperazine rings is 1. The van der Waals surface area contributed by atoms with Gasteiger partial charge in [-0.05, 0) is 24.6 Å². The summed E-state index contributed by atoms with van der Waals surface area (Å²) in [6.07, 6.45) is 0. The molecule has 0 unspecified atom stereocenters. The molecule has 1 aliphatic heterocycles. The van der Waals surface area contributed by atoms with Crippen molar-refractivity contribution < 1.29 is 9.18 Å². The van der Waals surface area contributed by atoms with E-state index in [1.165, 1.54) is 0 Å². The number of hydrogen-bond donors (Lipinski definition) is 0. The van der Waals surface area contributed by atoms with Gasteiger partial charge in [-0.25, -0.2) is 4.39 Å². The minimum atomic E-state index is -0.350. The second-order valence-corrected chi connectivity index (χ2v) is 6.48. The van der Waals surface area contributed by atoms with E-state index in [9.17, 15) is 9.18 Å². The molecule has 110 valence electrons. The standard InChI is InChI=1S/C16H23FN2O/c1-12-5-6-14(13(17)11-12)18-7-9-19(10-8-18)15(20)16(2,3)4/h5-6,11H,7-10H2,1-4H3. The highest BCUT2D eigenvalue weighted by Gasteiger charge is 2.30. The Kier molecular flexibility index (Phi) is 4.02. The minimum Gasteiger partial charge on any atom is -0.366 e. The van der Waals surface area contributed by atoms with Gasteiger partial charge in [0.05, 0.1) is 5.69 Å². The lowest BCUT2D eigenvalue weighted by atomic mass is 9.94. The topological polar surface area (TPSA) is 23.6 Å². The Morgan fingerprint density at radius 3 is 2.25 bits per heavy atom. The van der Waals surface area contributed by atoms with Crippen molar-refractivity contribution in [3.8, 4) is 0 Å². The second kappa shape index (κ2) is 5.43.